The van der Waals surface area contributed by atoms with E-state index in [2.05, 4.69) is 5.32 Å². The fourth-order valence-corrected chi connectivity index (χ4v) is 1.52. The number of likely N-dealkylation sites (tertiary alicyclic amines) is 1. The summed E-state index contributed by atoms with van der Waals surface area (Å²) >= 11 is 0. The molecule has 3 nitrogen and oxygen atoms in total. The topological polar surface area (TPSA) is 32.3 Å². The van der Waals surface area contributed by atoms with E-state index >= 15 is 0 Å². The van der Waals surface area contributed by atoms with Gasteiger partial charge in [0, 0.05) is 13.1 Å². The van der Waals surface area contributed by atoms with Crippen LogP contribution in [0, 0.1) is 5.92 Å². The maximum Gasteiger partial charge on any atom is 0.393 e. The summed E-state index contributed by atoms with van der Waals surface area (Å²) in [6.45, 7) is 0.124. The summed E-state index contributed by atoms with van der Waals surface area (Å²) in [5.74, 6) is -1.61. The fourth-order valence-electron chi connectivity index (χ4n) is 1.52. The molecule has 0 aromatic heterocycles. The molecule has 1 rings (SSSR count). The van der Waals surface area contributed by atoms with Crippen LogP contribution in [0.3, 0.4) is 0 Å². The Morgan fingerprint density at radius 3 is 2.64 bits per heavy atom. The first-order chi connectivity index (χ1) is 6.45. The van der Waals surface area contributed by atoms with Crippen molar-refractivity contribution in [1.82, 2.24) is 10.2 Å². The number of rotatable bonds is 2. The third-order valence-corrected chi connectivity index (χ3v) is 2.33. The van der Waals surface area contributed by atoms with Crippen molar-refractivity contribution in [3.8, 4) is 0 Å². The summed E-state index contributed by atoms with van der Waals surface area (Å²) in [7, 11) is 1.59. The van der Waals surface area contributed by atoms with Crippen molar-refractivity contribution in [2.24, 2.45) is 5.92 Å². The van der Waals surface area contributed by atoms with Crippen LogP contribution in [-0.2, 0) is 4.79 Å². The van der Waals surface area contributed by atoms with Gasteiger partial charge in [-0.1, -0.05) is 0 Å². The van der Waals surface area contributed by atoms with Crippen molar-refractivity contribution >= 4 is 5.91 Å². The maximum absolute atomic E-state index is 12.2. The summed E-state index contributed by atoms with van der Waals surface area (Å²) in [6.07, 6.45) is -4.15. The summed E-state index contributed by atoms with van der Waals surface area (Å²) in [4.78, 5) is 12.5. The van der Waals surface area contributed by atoms with Crippen molar-refractivity contribution in [3.63, 3.8) is 0 Å². The molecule has 0 spiro atoms. The van der Waals surface area contributed by atoms with E-state index in [0.717, 1.165) is 0 Å². The number of amides is 1. The highest BCUT2D eigenvalue weighted by Gasteiger charge is 2.44. The normalized spacial score (nSPS) is 22.9. The second-order valence-electron chi connectivity index (χ2n) is 3.40. The number of carbonyl (C=O) groups is 1. The van der Waals surface area contributed by atoms with Gasteiger partial charge < -0.3 is 10.2 Å². The van der Waals surface area contributed by atoms with Gasteiger partial charge in [-0.15, -0.1) is 0 Å². The van der Waals surface area contributed by atoms with Crippen LogP contribution in [0.1, 0.15) is 6.42 Å². The highest BCUT2D eigenvalue weighted by molar-refractivity contribution is 5.78. The van der Waals surface area contributed by atoms with E-state index < -0.39 is 12.1 Å². The second kappa shape index (κ2) is 4.16. The second-order valence-corrected chi connectivity index (χ2v) is 3.40. The lowest BCUT2D eigenvalue weighted by molar-refractivity contribution is -0.171. The van der Waals surface area contributed by atoms with Gasteiger partial charge in [-0.3, -0.25) is 4.79 Å². The van der Waals surface area contributed by atoms with Crippen LogP contribution in [0.4, 0.5) is 13.2 Å². The Kier molecular flexibility index (Phi) is 3.36. The molecule has 0 unspecified atom stereocenters. The van der Waals surface area contributed by atoms with Gasteiger partial charge in [0.1, 0.15) is 0 Å². The lowest BCUT2D eigenvalue weighted by Crippen LogP contribution is -2.36. The zero-order chi connectivity index (χ0) is 10.8. The van der Waals surface area contributed by atoms with Crippen molar-refractivity contribution < 1.29 is 18.0 Å². The average molecular weight is 210 g/mol. The van der Waals surface area contributed by atoms with Crippen LogP contribution in [0.5, 0.6) is 0 Å². The number of carbonyl (C=O) groups excluding carboxylic acids is 1. The minimum atomic E-state index is -4.17. The smallest absolute Gasteiger partial charge is 0.341 e. The van der Waals surface area contributed by atoms with Gasteiger partial charge in [-0.25, -0.2) is 0 Å². The number of alkyl halides is 3. The van der Waals surface area contributed by atoms with Crippen molar-refractivity contribution in [2.45, 2.75) is 12.6 Å². The third kappa shape index (κ3) is 2.60. The Hall–Kier alpha value is -0.780. The molecule has 1 N–H and O–H groups in total. The van der Waals surface area contributed by atoms with Crippen molar-refractivity contribution in [3.05, 3.63) is 0 Å². The van der Waals surface area contributed by atoms with Crippen LogP contribution >= 0.6 is 0 Å². The molecular weight excluding hydrogens is 197 g/mol. The largest absolute Gasteiger partial charge is 0.393 e. The fraction of sp³-hybridized carbons (Fsp3) is 0.875. The Bertz CT molecular complexity index is 217. The predicted octanol–water partition coefficient (Wildman–Crippen LogP) is 0.617. The van der Waals surface area contributed by atoms with Gasteiger partial charge in [0.05, 0.1) is 12.5 Å². The third-order valence-electron chi connectivity index (χ3n) is 2.33. The Morgan fingerprint density at radius 1 is 1.57 bits per heavy atom. The number of likely N-dealkylation sites (N-methyl/N-ethyl adjacent to an activating group) is 1. The van der Waals surface area contributed by atoms with Gasteiger partial charge in [-0.05, 0) is 13.5 Å². The molecule has 1 amide bonds. The predicted molar refractivity (Wildman–Crippen MR) is 44.7 cm³/mol. The highest BCUT2D eigenvalue weighted by Crippen LogP contribution is 2.33. The molecule has 82 valence electrons. The minimum Gasteiger partial charge on any atom is -0.341 e. The molecule has 14 heavy (non-hydrogen) atoms. The van der Waals surface area contributed by atoms with E-state index in [1.807, 2.05) is 0 Å². The molecule has 6 heteroatoms. The van der Waals surface area contributed by atoms with Crippen molar-refractivity contribution in [1.29, 1.82) is 0 Å². The van der Waals surface area contributed by atoms with E-state index in [1.165, 1.54) is 4.90 Å². The molecular formula is C8H13F3N2O. The first-order valence-electron chi connectivity index (χ1n) is 4.44. The zero-order valence-corrected chi connectivity index (χ0v) is 7.90. The molecule has 1 fully saturated rings. The molecule has 1 aliphatic heterocycles. The van der Waals surface area contributed by atoms with Crippen LogP contribution in [0.2, 0.25) is 0 Å². The van der Waals surface area contributed by atoms with Crippen LogP contribution in [0.25, 0.3) is 0 Å². The summed E-state index contributed by atoms with van der Waals surface area (Å²) in [5, 5.41) is 2.63. The number of nitrogens with zero attached hydrogens (tertiary/aromatic N) is 1. The quantitative estimate of drug-likeness (QED) is 0.724. The van der Waals surface area contributed by atoms with Gasteiger partial charge in [0.2, 0.25) is 5.91 Å². The lowest BCUT2D eigenvalue weighted by atomic mass is 10.1. The van der Waals surface area contributed by atoms with Crippen LogP contribution in [0.15, 0.2) is 0 Å². The lowest BCUT2D eigenvalue weighted by Gasteiger charge is -2.17. The van der Waals surface area contributed by atoms with Crippen LogP contribution in [-0.4, -0.2) is 43.7 Å². The van der Waals surface area contributed by atoms with E-state index in [0.29, 0.717) is 0 Å². The highest BCUT2D eigenvalue weighted by atomic mass is 19.4. The summed E-state index contributed by atoms with van der Waals surface area (Å²) in [5.41, 5.74) is 0. The molecule has 0 aliphatic carbocycles. The standard InChI is InChI=1S/C8H13F3N2O/c1-12-4-7(14)13-3-2-6(5-13)8(9,10)11/h6,12H,2-5H2,1H3/t6-/m0/s1. The average Bonchev–Trinajstić information content (AvgIpc) is 2.51. The van der Waals surface area contributed by atoms with Gasteiger partial charge >= 0.3 is 6.18 Å². The van der Waals surface area contributed by atoms with E-state index in [1.54, 1.807) is 7.05 Å². The van der Waals surface area contributed by atoms with Crippen molar-refractivity contribution in [2.75, 3.05) is 26.7 Å². The Labute approximate surface area is 80.3 Å². The molecule has 1 saturated heterocycles. The number of hydrogen-bond acceptors (Lipinski definition) is 2. The molecule has 1 heterocycles. The van der Waals surface area contributed by atoms with E-state index in [-0.39, 0.29) is 32.0 Å². The molecule has 1 atom stereocenters. The summed E-state index contributed by atoms with van der Waals surface area (Å²) in [6, 6.07) is 0. The number of hydrogen-bond donors (Lipinski definition) is 1. The number of nitrogens with one attached hydrogen (secondary N) is 1. The maximum atomic E-state index is 12.2. The first kappa shape index (κ1) is 11.3. The Morgan fingerprint density at radius 2 is 2.21 bits per heavy atom. The SMILES string of the molecule is CNCC(=O)N1CC[C@H](C(F)(F)F)C1. The number of halogens is 3. The summed E-state index contributed by atoms with van der Waals surface area (Å²) < 4.78 is 36.7. The molecule has 0 radical (unpaired) electrons. The van der Waals surface area contributed by atoms with Gasteiger partial charge in [-0.2, -0.15) is 13.2 Å². The molecule has 0 bridgehead atoms. The molecule has 0 aromatic rings. The van der Waals surface area contributed by atoms with E-state index in [4.69, 9.17) is 0 Å². The molecule has 0 saturated carbocycles. The molecule has 0 aromatic carbocycles. The Balaban J connectivity index is 2.45. The first-order valence-corrected chi connectivity index (χ1v) is 4.44. The van der Waals surface area contributed by atoms with E-state index in [9.17, 15) is 18.0 Å². The van der Waals surface area contributed by atoms with Crippen LogP contribution < -0.4 is 5.32 Å². The monoisotopic (exact) mass is 210 g/mol. The van der Waals surface area contributed by atoms with Gasteiger partial charge in [0.15, 0.2) is 0 Å². The zero-order valence-electron chi connectivity index (χ0n) is 7.90. The molecule has 1 aliphatic rings. The minimum absolute atomic E-state index is 0.0267. The van der Waals surface area contributed by atoms with Gasteiger partial charge in [0.25, 0.3) is 0 Å².